The molecule has 13 heavy (non-hydrogen) atoms. The van der Waals surface area contributed by atoms with Gasteiger partial charge >= 0.3 is 6.18 Å². The van der Waals surface area contributed by atoms with E-state index in [-0.39, 0.29) is 12.0 Å². The molecule has 0 amide bonds. The summed E-state index contributed by atoms with van der Waals surface area (Å²) in [4.78, 5) is 13.5. The fraction of sp³-hybridized carbons (Fsp3) is 0.143. The lowest BCUT2D eigenvalue weighted by atomic mass is 10.2. The molecule has 0 saturated heterocycles. The van der Waals surface area contributed by atoms with Crippen LogP contribution in [0.2, 0.25) is 5.02 Å². The van der Waals surface area contributed by atoms with Crippen molar-refractivity contribution in [3.8, 4) is 0 Å². The van der Waals surface area contributed by atoms with E-state index in [1.165, 1.54) is 0 Å². The predicted octanol–water partition coefficient (Wildman–Crippen LogP) is 2.57. The Bertz CT molecular complexity index is 337. The van der Waals surface area contributed by atoms with Crippen LogP contribution in [0.25, 0.3) is 0 Å². The molecule has 2 nitrogen and oxygen atoms in total. The van der Waals surface area contributed by atoms with E-state index in [9.17, 15) is 18.0 Å². The summed E-state index contributed by atoms with van der Waals surface area (Å²) in [6, 6.07) is 0.606. The molecule has 0 spiro atoms. The standard InChI is InChI=1S/C7H3ClF3NO/c8-6-2-12-4(3-13)1-5(6)7(9,10)11/h1-3H. The van der Waals surface area contributed by atoms with E-state index in [2.05, 4.69) is 4.98 Å². The maximum absolute atomic E-state index is 12.1. The summed E-state index contributed by atoms with van der Waals surface area (Å²) in [5.41, 5.74) is -1.34. The Morgan fingerprint density at radius 3 is 2.54 bits per heavy atom. The van der Waals surface area contributed by atoms with E-state index in [0.29, 0.717) is 6.07 Å². The van der Waals surface area contributed by atoms with E-state index in [1.54, 1.807) is 0 Å². The minimum atomic E-state index is -4.56. The highest BCUT2D eigenvalue weighted by Crippen LogP contribution is 2.34. The zero-order chi connectivity index (χ0) is 10.1. The molecule has 70 valence electrons. The third-order valence-electron chi connectivity index (χ3n) is 1.30. The van der Waals surface area contributed by atoms with Crippen molar-refractivity contribution in [3.05, 3.63) is 28.5 Å². The van der Waals surface area contributed by atoms with Gasteiger partial charge in [0.25, 0.3) is 0 Å². The van der Waals surface area contributed by atoms with Gasteiger partial charge in [0.05, 0.1) is 10.6 Å². The number of aldehydes is 1. The zero-order valence-electron chi connectivity index (χ0n) is 6.10. The van der Waals surface area contributed by atoms with Gasteiger partial charge in [-0.05, 0) is 6.07 Å². The summed E-state index contributed by atoms with van der Waals surface area (Å²) in [6.45, 7) is 0. The fourth-order valence-corrected chi connectivity index (χ4v) is 0.947. The number of alkyl halides is 3. The molecule has 1 rings (SSSR count). The average Bonchev–Trinajstić information content (AvgIpc) is 2.03. The molecule has 1 heterocycles. The topological polar surface area (TPSA) is 30.0 Å². The summed E-state index contributed by atoms with van der Waals surface area (Å²) < 4.78 is 36.4. The maximum atomic E-state index is 12.1. The molecule has 0 atom stereocenters. The van der Waals surface area contributed by atoms with Crippen molar-refractivity contribution in [1.29, 1.82) is 0 Å². The Hall–Kier alpha value is -1.10. The normalized spacial score (nSPS) is 11.4. The summed E-state index contributed by atoms with van der Waals surface area (Å²) in [5, 5.41) is -0.516. The molecule has 0 fully saturated rings. The van der Waals surface area contributed by atoms with Crippen molar-refractivity contribution in [1.82, 2.24) is 4.98 Å². The largest absolute Gasteiger partial charge is 0.417 e. The monoisotopic (exact) mass is 209 g/mol. The van der Waals surface area contributed by atoms with Crippen LogP contribution in [0.5, 0.6) is 0 Å². The number of nitrogens with zero attached hydrogens (tertiary/aromatic N) is 1. The van der Waals surface area contributed by atoms with Crippen LogP contribution in [-0.2, 0) is 6.18 Å². The minimum absolute atomic E-state index is 0.228. The minimum Gasteiger partial charge on any atom is -0.296 e. The highest BCUT2D eigenvalue weighted by Gasteiger charge is 2.33. The Balaban J connectivity index is 3.27. The summed E-state index contributed by atoms with van der Waals surface area (Å²) in [6.07, 6.45) is -3.53. The second kappa shape index (κ2) is 3.33. The molecule has 0 aliphatic heterocycles. The molecular formula is C7H3ClF3NO. The smallest absolute Gasteiger partial charge is 0.296 e. The summed E-state index contributed by atoms with van der Waals surface area (Å²) >= 11 is 5.24. The Labute approximate surface area is 76.3 Å². The predicted molar refractivity (Wildman–Crippen MR) is 39.6 cm³/mol. The quantitative estimate of drug-likeness (QED) is 0.666. The van der Waals surface area contributed by atoms with Crippen molar-refractivity contribution < 1.29 is 18.0 Å². The first-order valence-corrected chi connectivity index (χ1v) is 3.51. The van der Waals surface area contributed by atoms with Gasteiger partial charge in [-0.1, -0.05) is 11.6 Å². The molecule has 0 unspecified atom stereocenters. The first-order valence-electron chi connectivity index (χ1n) is 3.13. The third kappa shape index (κ3) is 2.18. The number of pyridine rings is 1. The van der Waals surface area contributed by atoms with E-state index in [4.69, 9.17) is 11.6 Å². The Morgan fingerprint density at radius 1 is 1.46 bits per heavy atom. The van der Waals surface area contributed by atoms with Gasteiger partial charge in [0.15, 0.2) is 6.29 Å². The number of carbonyl (C=O) groups excluding carboxylic acids is 1. The van der Waals surface area contributed by atoms with Crippen LogP contribution in [0.1, 0.15) is 16.1 Å². The first kappa shape index (κ1) is 9.98. The average molecular weight is 210 g/mol. The number of hydrogen-bond donors (Lipinski definition) is 0. The molecule has 0 N–H and O–H groups in total. The highest BCUT2D eigenvalue weighted by molar-refractivity contribution is 6.31. The van der Waals surface area contributed by atoms with Crippen LogP contribution in [0.4, 0.5) is 13.2 Å². The van der Waals surface area contributed by atoms with Crippen LogP contribution in [-0.4, -0.2) is 11.3 Å². The van der Waals surface area contributed by atoms with Gasteiger partial charge in [0, 0.05) is 6.20 Å². The van der Waals surface area contributed by atoms with Crippen LogP contribution >= 0.6 is 11.6 Å². The molecule has 0 aromatic carbocycles. The van der Waals surface area contributed by atoms with Crippen molar-refractivity contribution >= 4 is 17.9 Å². The van der Waals surface area contributed by atoms with Gasteiger partial charge in [0.1, 0.15) is 5.69 Å². The molecule has 1 aromatic heterocycles. The third-order valence-corrected chi connectivity index (χ3v) is 1.60. The Kier molecular flexibility index (Phi) is 2.56. The molecular weight excluding hydrogens is 207 g/mol. The number of aromatic nitrogens is 1. The van der Waals surface area contributed by atoms with Gasteiger partial charge in [0.2, 0.25) is 0 Å². The van der Waals surface area contributed by atoms with Crippen molar-refractivity contribution in [3.63, 3.8) is 0 Å². The Morgan fingerprint density at radius 2 is 2.08 bits per heavy atom. The van der Waals surface area contributed by atoms with Crippen molar-refractivity contribution in [2.24, 2.45) is 0 Å². The van der Waals surface area contributed by atoms with E-state index < -0.39 is 16.8 Å². The second-order valence-corrected chi connectivity index (χ2v) is 2.61. The van der Waals surface area contributed by atoms with Gasteiger partial charge in [-0.15, -0.1) is 0 Å². The van der Waals surface area contributed by atoms with E-state index in [0.717, 1.165) is 6.20 Å². The molecule has 6 heteroatoms. The molecule has 0 saturated carbocycles. The van der Waals surface area contributed by atoms with Gasteiger partial charge in [-0.25, -0.2) is 0 Å². The number of halogens is 4. The van der Waals surface area contributed by atoms with Crippen LogP contribution in [0, 0.1) is 0 Å². The second-order valence-electron chi connectivity index (χ2n) is 2.20. The summed E-state index contributed by atoms with van der Waals surface area (Å²) in [5.74, 6) is 0. The maximum Gasteiger partial charge on any atom is 0.417 e. The van der Waals surface area contributed by atoms with Gasteiger partial charge < -0.3 is 0 Å². The SMILES string of the molecule is O=Cc1cc(C(F)(F)F)c(Cl)cn1. The molecule has 0 aliphatic rings. The van der Waals surface area contributed by atoms with Crippen LogP contribution < -0.4 is 0 Å². The van der Waals surface area contributed by atoms with E-state index in [1.807, 2.05) is 0 Å². The molecule has 1 aromatic rings. The highest BCUT2D eigenvalue weighted by atomic mass is 35.5. The van der Waals surface area contributed by atoms with Crippen molar-refractivity contribution in [2.75, 3.05) is 0 Å². The lowest BCUT2D eigenvalue weighted by Crippen LogP contribution is -2.07. The number of carbonyl (C=O) groups is 1. The van der Waals surface area contributed by atoms with Gasteiger partial charge in [-0.3, -0.25) is 9.78 Å². The molecule has 0 radical (unpaired) electrons. The van der Waals surface area contributed by atoms with Crippen molar-refractivity contribution in [2.45, 2.75) is 6.18 Å². The number of rotatable bonds is 1. The van der Waals surface area contributed by atoms with E-state index >= 15 is 0 Å². The summed E-state index contributed by atoms with van der Waals surface area (Å²) in [7, 11) is 0. The van der Waals surface area contributed by atoms with Crippen LogP contribution in [0.3, 0.4) is 0 Å². The first-order chi connectivity index (χ1) is 5.95. The lowest BCUT2D eigenvalue weighted by molar-refractivity contribution is -0.137. The zero-order valence-corrected chi connectivity index (χ0v) is 6.86. The lowest BCUT2D eigenvalue weighted by Gasteiger charge is -2.07. The van der Waals surface area contributed by atoms with Gasteiger partial charge in [-0.2, -0.15) is 13.2 Å². The molecule has 0 bridgehead atoms. The fourth-order valence-electron chi connectivity index (χ4n) is 0.737. The number of hydrogen-bond acceptors (Lipinski definition) is 2. The molecule has 0 aliphatic carbocycles. The van der Waals surface area contributed by atoms with Crippen LogP contribution in [0.15, 0.2) is 12.3 Å².